The highest BCUT2D eigenvalue weighted by Crippen LogP contribution is 2.23. The molecule has 1 atom stereocenters. The van der Waals surface area contributed by atoms with Gasteiger partial charge in [0, 0.05) is 10.8 Å². The molecule has 2 N–H and O–H groups in total. The molecule has 0 aromatic heterocycles. The minimum Gasteiger partial charge on any atom is -0.327 e. The van der Waals surface area contributed by atoms with Crippen molar-refractivity contribution < 1.29 is 0 Å². The maximum absolute atomic E-state index is 5.66. The van der Waals surface area contributed by atoms with E-state index < -0.39 is 0 Å². The topological polar surface area (TPSA) is 26.0 Å². The summed E-state index contributed by atoms with van der Waals surface area (Å²) in [5.41, 5.74) is 5.66. The lowest BCUT2D eigenvalue weighted by Crippen LogP contribution is -2.37. The lowest BCUT2D eigenvalue weighted by atomic mass is 10.1. The van der Waals surface area contributed by atoms with Crippen molar-refractivity contribution in [2.45, 2.75) is 31.6 Å². The number of rotatable bonds is 2. The zero-order valence-corrected chi connectivity index (χ0v) is 6.88. The first-order chi connectivity index (χ1) is 3.50. The van der Waals surface area contributed by atoms with Crippen molar-refractivity contribution in [3.05, 3.63) is 0 Å². The normalized spacial score (nSPS) is 16.1. The molecule has 0 spiro atoms. The second-order valence-electron chi connectivity index (χ2n) is 2.60. The average Bonchev–Trinajstić information content (AvgIpc) is 1.67. The summed E-state index contributed by atoms with van der Waals surface area (Å²) in [6.45, 7) is 6.35. The maximum atomic E-state index is 5.66. The molecule has 0 fully saturated rings. The van der Waals surface area contributed by atoms with Gasteiger partial charge in [-0.25, -0.2) is 0 Å². The molecule has 0 heterocycles. The first kappa shape index (κ1) is 8.31. The Morgan fingerprint density at radius 3 is 1.88 bits per heavy atom. The zero-order valence-electron chi connectivity index (χ0n) is 6.06. The Morgan fingerprint density at radius 2 is 1.88 bits per heavy atom. The van der Waals surface area contributed by atoms with Gasteiger partial charge in [0.1, 0.15) is 0 Å². The van der Waals surface area contributed by atoms with Gasteiger partial charge in [-0.15, -0.1) is 0 Å². The van der Waals surface area contributed by atoms with Gasteiger partial charge in [0.25, 0.3) is 0 Å². The number of hydrogen-bond donors (Lipinski definition) is 1. The summed E-state index contributed by atoms with van der Waals surface area (Å²) in [5, 5.41) is 0. The predicted octanol–water partition coefficient (Wildman–Crippen LogP) is 1.48. The molecule has 1 nitrogen and oxygen atoms in total. The molecule has 0 aliphatic heterocycles. The highest BCUT2D eigenvalue weighted by atomic mass is 32.2. The standard InChI is InChI=1S/C6H15NS/c1-5(7)6(2,3)8-4/h5H,7H2,1-4H3. The van der Waals surface area contributed by atoms with Gasteiger partial charge in [0.2, 0.25) is 0 Å². The molecular weight excluding hydrogens is 118 g/mol. The number of hydrogen-bond acceptors (Lipinski definition) is 2. The van der Waals surface area contributed by atoms with E-state index in [-0.39, 0.29) is 10.8 Å². The molecule has 0 rings (SSSR count). The van der Waals surface area contributed by atoms with Crippen LogP contribution in [0.5, 0.6) is 0 Å². The fourth-order valence-corrected chi connectivity index (χ4v) is 0.558. The summed E-state index contributed by atoms with van der Waals surface area (Å²) in [4.78, 5) is 0. The Labute approximate surface area is 56.0 Å². The SMILES string of the molecule is CSC(C)(C)C(C)N. The van der Waals surface area contributed by atoms with Gasteiger partial charge < -0.3 is 5.73 Å². The first-order valence-corrected chi connectivity index (χ1v) is 4.04. The molecule has 0 bridgehead atoms. The molecule has 0 saturated heterocycles. The highest BCUT2D eigenvalue weighted by Gasteiger charge is 2.20. The molecule has 8 heavy (non-hydrogen) atoms. The molecule has 1 unspecified atom stereocenters. The third-order valence-electron chi connectivity index (χ3n) is 1.62. The molecule has 0 aromatic rings. The summed E-state index contributed by atoms with van der Waals surface area (Å²) in [5.74, 6) is 0. The van der Waals surface area contributed by atoms with E-state index in [2.05, 4.69) is 20.1 Å². The van der Waals surface area contributed by atoms with E-state index in [0.717, 1.165) is 0 Å². The molecule has 50 valence electrons. The lowest BCUT2D eigenvalue weighted by molar-refractivity contribution is 0.579. The summed E-state index contributed by atoms with van der Waals surface area (Å²) >= 11 is 1.81. The Morgan fingerprint density at radius 1 is 1.50 bits per heavy atom. The van der Waals surface area contributed by atoms with Gasteiger partial charge in [0.15, 0.2) is 0 Å². The van der Waals surface area contributed by atoms with E-state index in [1.807, 2.05) is 18.7 Å². The Balaban J connectivity index is 3.71. The maximum Gasteiger partial charge on any atom is 0.0249 e. The van der Waals surface area contributed by atoms with E-state index in [4.69, 9.17) is 5.73 Å². The van der Waals surface area contributed by atoms with Crippen molar-refractivity contribution >= 4 is 11.8 Å². The van der Waals surface area contributed by atoms with Crippen LogP contribution in [0.3, 0.4) is 0 Å². The van der Waals surface area contributed by atoms with Crippen LogP contribution in [0.25, 0.3) is 0 Å². The smallest absolute Gasteiger partial charge is 0.0249 e. The van der Waals surface area contributed by atoms with Crippen LogP contribution in [0.1, 0.15) is 20.8 Å². The second-order valence-corrected chi connectivity index (χ2v) is 4.06. The van der Waals surface area contributed by atoms with Crippen molar-refractivity contribution in [1.82, 2.24) is 0 Å². The molecule has 0 radical (unpaired) electrons. The minimum absolute atomic E-state index is 0.236. The van der Waals surface area contributed by atoms with E-state index in [1.54, 1.807) is 0 Å². The molecule has 0 aliphatic carbocycles. The van der Waals surface area contributed by atoms with Gasteiger partial charge in [-0.05, 0) is 27.0 Å². The van der Waals surface area contributed by atoms with E-state index in [9.17, 15) is 0 Å². The van der Waals surface area contributed by atoms with Crippen LogP contribution in [-0.4, -0.2) is 17.0 Å². The third-order valence-corrected chi connectivity index (χ3v) is 3.05. The van der Waals surface area contributed by atoms with Crippen molar-refractivity contribution in [3.63, 3.8) is 0 Å². The number of thioether (sulfide) groups is 1. The van der Waals surface area contributed by atoms with Crippen LogP contribution >= 0.6 is 11.8 Å². The minimum atomic E-state index is 0.236. The van der Waals surface area contributed by atoms with E-state index >= 15 is 0 Å². The van der Waals surface area contributed by atoms with Gasteiger partial charge in [0.05, 0.1) is 0 Å². The lowest BCUT2D eigenvalue weighted by Gasteiger charge is -2.25. The highest BCUT2D eigenvalue weighted by molar-refractivity contribution is 8.00. The van der Waals surface area contributed by atoms with Gasteiger partial charge >= 0.3 is 0 Å². The van der Waals surface area contributed by atoms with E-state index in [1.165, 1.54) is 0 Å². The monoisotopic (exact) mass is 133 g/mol. The molecule has 2 heteroatoms. The largest absolute Gasteiger partial charge is 0.327 e. The molecule has 0 aromatic carbocycles. The fraction of sp³-hybridized carbons (Fsp3) is 1.00. The summed E-state index contributed by atoms with van der Waals surface area (Å²) in [7, 11) is 0. The molecule has 0 amide bonds. The van der Waals surface area contributed by atoms with Crippen molar-refractivity contribution in [1.29, 1.82) is 0 Å². The Bertz CT molecular complexity index is 68.9. The van der Waals surface area contributed by atoms with Crippen molar-refractivity contribution in [3.8, 4) is 0 Å². The Kier molecular flexibility index (Phi) is 2.84. The summed E-state index contributed by atoms with van der Waals surface area (Å²) in [6.07, 6.45) is 2.09. The van der Waals surface area contributed by atoms with Gasteiger partial charge in [-0.1, -0.05) is 0 Å². The van der Waals surface area contributed by atoms with Crippen LogP contribution in [0, 0.1) is 0 Å². The van der Waals surface area contributed by atoms with Crippen molar-refractivity contribution in [2.75, 3.05) is 6.26 Å². The molecular formula is C6H15NS. The third kappa shape index (κ3) is 2.05. The fourth-order valence-electron chi connectivity index (χ4n) is 0.186. The van der Waals surface area contributed by atoms with E-state index in [0.29, 0.717) is 0 Å². The van der Waals surface area contributed by atoms with Gasteiger partial charge in [-0.2, -0.15) is 11.8 Å². The Hall–Kier alpha value is 0.310. The predicted molar refractivity (Wildman–Crippen MR) is 41.2 cm³/mol. The first-order valence-electron chi connectivity index (χ1n) is 2.81. The van der Waals surface area contributed by atoms with Crippen molar-refractivity contribution in [2.24, 2.45) is 5.73 Å². The number of nitrogens with two attached hydrogens (primary N) is 1. The quantitative estimate of drug-likeness (QED) is 0.617. The van der Waals surface area contributed by atoms with Crippen LogP contribution < -0.4 is 5.73 Å². The summed E-state index contributed by atoms with van der Waals surface area (Å²) < 4.78 is 0.236. The summed E-state index contributed by atoms with van der Waals surface area (Å²) in [6, 6.07) is 0.275. The molecule has 0 aliphatic rings. The van der Waals surface area contributed by atoms with Crippen LogP contribution in [0.4, 0.5) is 0 Å². The van der Waals surface area contributed by atoms with Gasteiger partial charge in [-0.3, -0.25) is 0 Å². The van der Waals surface area contributed by atoms with Crippen LogP contribution in [0.2, 0.25) is 0 Å². The second kappa shape index (κ2) is 2.74. The van der Waals surface area contributed by atoms with Crippen LogP contribution in [0.15, 0.2) is 0 Å². The average molecular weight is 133 g/mol. The van der Waals surface area contributed by atoms with Crippen LogP contribution in [-0.2, 0) is 0 Å². The molecule has 0 saturated carbocycles. The zero-order chi connectivity index (χ0) is 6.78.